The fourth-order valence-electron chi connectivity index (χ4n) is 6.57. The Balaban J connectivity index is 2.38. The van der Waals surface area contributed by atoms with Crippen LogP contribution in [-0.2, 0) is 38.5 Å². The molecule has 0 aliphatic rings. The van der Waals surface area contributed by atoms with Crippen molar-refractivity contribution in [1.29, 1.82) is 0 Å². The van der Waals surface area contributed by atoms with E-state index in [1.807, 2.05) is 0 Å². The SMILES string of the molecule is CC(C)Cc1ccc(P(c2ccc(CC(C)C)cc2CC(C)C)c2ccc(CC(C)C)cc2CC(C)C)c(CC(C)C)c1. The second-order valence-electron chi connectivity index (χ2n) is 15.8. The van der Waals surface area contributed by atoms with Crippen LogP contribution < -0.4 is 15.9 Å². The lowest BCUT2D eigenvalue weighted by atomic mass is 9.96. The average Bonchev–Trinajstić information content (AvgIpc) is 2.85. The van der Waals surface area contributed by atoms with Crippen LogP contribution in [0.15, 0.2) is 54.6 Å². The molecule has 3 rings (SSSR count). The van der Waals surface area contributed by atoms with Crippen molar-refractivity contribution in [1.82, 2.24) is 0 Å². The zero-order valence-electron chi connectivity index (χ0n) is 29.9. The Hall–Kier alpha value is -1.91. The van der Waals surface area contributed by atoms with Gasteiger partial charge in [0.25, 0.3) is 0 Å². The molecular weight excluding hydrogens is 535 g/mol. The van der Waals surface area contributed by atoms with Gasteiger partial charge in [-0.25, -0.2) is 0 Å². The van der Waals surface area contributed by atoms with Gasteiger partial charge in [-0.05, 0) is 131 Å². The Morgan fingerprint density at radius 3 is 0.791 bits per heavy atom. The fourth-order valence-corrected chi connectivity index (χ4v) is 9.34. The number of rotatable bonds is 15. The van der Waals surface area contributed by atoms with Crippen molar-refractivity contribution in [3.8, 4) is 0 Å². The molecule has 0 radical (unpaired) electrons. The van der Waals surface area contributed by atoms with E-state index in [9.17, 15) is 0 Å². The summed E-state index contributed by atoms with van der Waals surface area (Å²) in [5.74, 6) is 3.86. The predicted octanol–water partition coefficient (Wildman–Crippen LogP) is 10.6. The van der Waals surface area contributed by atoms with Crippen molar-refractivity contribution in [3.63, 3.8) is 0 Å². The molecule has 0 N–H and O–H groups in total. The normalized spacial score (nSPS) is 12.3. The van der Waals surface area contributed by atoms with Crippen LogP contribution in [0.3, 0.4) is 0 Å². The van der Waals surface area contributed by atoms with E-state index in [0.29, 0.717) is 35.5 Å². The molecule has 43 heavy (non-hydrogen) atoms. The smallest absolute Gasteiger partial charge is 0.0119 e. The molecule has 0 spiro atoms. The summed E-state index contributed by atoms with van der Waals surface area (Å²) in [6, 6.07) is 22.7. The van der Waals surface area contributed by atoms with E-state index >= 15 is 0 Å². The largest absolute Gasteiger partial charge is 0.0625 e. The van der Waals surface area contributed by atoms with Crippen molar-refractivity contribution >= 4 is 23.8 Å². The molecule has 0 saturated carbocycles. The lowest BCUT2D eigenvalue weighted by Crippen LogP contribution is -2.29. The van der Waals surface area contributed by atoms with Crippen molar-refractivity contribution in [2.45, 2.75) is 122 Å². The molecule has 0 atom stereocenters. The number of hydrogen-bond acceptors (Lipinski definition) is 0. The first-order chi connectivity index (χ1) is 20.2. The molecule has 0 bridgehead atoms. The molecule has 0 nitrogen and oxygen atoms in total. The van der Waals surface area contributed by atoms with Crippen LogP contribution in [0, 0.1) is 35.5 Å². The third-order valence-corrected chi connectivity index (χ3v) is 10.7. The van der Waals surface area contributed by atoms with Gasteiger partial charge < -0.3 is 0 Å². The molecule has 0 fully saturated rings. The first-order valence-electron chi connectivity index (χ1n) is 17.4. The van der Waals surface area contributed by atoms with Gasteiger partial charge >= 0.3 is 0 Å². The van der Waals surface area contributed by atoms with Gasteiger partial charge in [0.05, 0.1) is 0 Å². The zero-order chi connectivity index (χ0) is 31.8. The maximum atomic E-state index is 2.58. The van der Waals surface area contributed by atoms with Crippen LogP contribution in [-0.4, -0.2) is 0 Å². The average molecular weight is 599 g/mol. The topological polar surface area (TPSA) is 0 Å². The van der Waals surface area contributed by atoms with Gasteiger partial charge in [-0.2, -0.15) is 0 Å². The lowest BCUT2D eigenvalue weighted by molar-refractivity contribution is 0.637. The van der Waals surface area contributed by atoms with Gasteiger partial charge in [0.1, 0.15) is 0 Å². The third kappa shape index (κ3) is 10.9. The maximum Gasteiger partial charge on any atom is -0.0119 e. The first-order valence-corrected chi connectivity index (χ1v) is 18.7. The minimum absolute atomic E-state index is 0.622. The van der Waals surface area contributed by atoms with E-state index in [0.717, 1.165) is 38.5 Å². The molecule has 236 valence electrons. The highest BCUT2D eigenvalue weighted by Crippen LogP contribution is 2.39. The molecule has 0 saturated heterocycles. The highest BCUT2D eigenvalue weighted by molar-refractivity contribution is 7.80. The standard InChI is InChI=1S/C42H63P/c1-28(2)19-34-13-16-40(37(25-34)22-31(7)8)43(41-17-14-35(20-29(3)4)26-38(41)23-32(9)10)42-18-15-36(21-30(5)6)27-39(42)24-33(11)12/h13-18,25-33H,19-24H2,1-12H3. The summed E-state index contributed by atoms with van der Waals surface area (Å²) in [6.45, 7) is 28.4. The van der Waals surface area contributed by atoms with E-state index < -0.39 is 7.92 Å². The Morgan fingerprint density at radius 1 is 0.349 bits per heavy atom. The van der Waals surface area contributed by atoms with Crippen molar-refractivity contribution in [2.24, 2.45) is 35.5 Å². The van der Waals surface area contributed by atoms with Crippen LogP contribution in [0.25, 0.3) is 0 Å². The van der Waals surface area contributed by atoms with Gasteiger partial charge in [0, 0.05) is 0 Å². The van der Waals surface area contributed by atoms with Crippen LogP contribution in [0.4, 0.5) is 0 Å². The van der Waals surface area contributed by atoms with Crippen molar-refractivity contribution < 1.29 is 0 Å². The third-order valence-electron chi connectivity index (χ3n) is 7.97. The zero-order valence-corrected chi connectivity index (χ0v) is 30.7. The van der Waals surface area contributed by atoms with Crippen LogP contribution in [0.1, 0.15) is 116 Å². The highest BCUT2D eigenvalue weighted by Gasteiger charge is 2.26. The molecule has 0 amide bonds. The van der Waals surface area contributed by atoms with Gasteiger partial charge in [0.15, 0.2) is 0 Å². The van der Waals surface area contributed by atoms with Gasteiger partial charge in [-0.3, -0.25) is 0 Å². The molecule has 1 heteroatoms. The van der Waals surface area contributed by atoms with Crippen LogP contribution in [0.2, 0.25) is 0 Å². The van der Waals surface area contributed by atoms with Crippen LogP contribution in [0.5, 0.6) is 0 Å². The van der Waals surface area contributed by atoms with E-state index in [2.05, 4.69) is 138 Å². The van der Waals surface area contributed by atoms with E-state index in [4.69, 9.17) is 0 Å². The molecule has 0 aromatic heterocycles. The molecule has 0 unspecified atom stereocenters. The molecule has 0 aliphatic heterocycles. The number of benzene rings is 3. The fraction of sp³-hybridized carbons (Fsp3) is 0.571. The van der Waals surface area contributed by atoms with Crippen LogP contribution >= 0.6 is 7.92 Å². The molecule has 3 aromatic rings. The number of hydrogen-bond donors (Lipinski definition) is 0. The summed E-state index contributed by atoms with van der Waals surface area (Å²) >= 11 is 0. The Morgan fingerprint density at radius 2 is 0.581 bits per heavy atom. The minimum atomic E-state index is -0.698. The summed E-state index contributed by atoms with van der Waals surface area (Å²) < 4.78 is 0. The van der Waals surface area contributed by atoms with Gasteiger partial charge in [-0.15, -0.1) is 0 Å². The second-order valence-corrected chi connectivity index (χ2v) is 17.9. The summed E-state index contributed by atoms with van der Waals surface area (Å²) in [5.41, 5.74) is 9.20. The van der Waals surface area contributed by atoms with Gasteiger partial charge in [0.2, 0.25) is 0 Å². The van der Waals surface area contributed by atoms with E-state index in [-0.39, 0.29) is 0 Å². The van der Waals surface area contributed by atoms with Gasteiger partial charge in [-0.1, -0.05) is 138 Å². The molecule has 3 aromatic carbocycles. The molecule has 0 heterocycles. The second kappa shape index (κ2) is 16.4. The summed E-state index contributed by atoms with van der Waals surface area (Å²) in [4.78, 5) is 0. The lowest BCUT2D eigenvalue weighted by Gasteiger charge is -2.29. The Labute approximate surface area is 268 Å². The van der Waals surface area contributed by atoms with E-state index in [1.165, 1.54) is 16.7 Å². The quantitative estimate of drug-likeness (QED) is 0.153. The summed E-state index contributed by atoms with van der Waals surface area (Å²) in [7, 11) is -0.698. The molecular formula is C42H63P. The summed E-state index contributed by atoms with van der Waals surface area (Å²) in [6.07, 6.45) is 6.85. The van der Waals surface area contributed by atoms with E-state index in [1.54, 1.807) is 32.6 Å². The summed E-state index contributed by atoms with van der Waals surface area (Å²) in [5, 5.41) is 4.75. The minimum Gasteiger partial charge on any atom is -0.0625 e. The Kier molecular flexibility index (Phi) is 13.6. The maximum absolute atomic E-state index is 2.58. The van der Waals surface area contributed by atoms with Crippen molar-refractivity contribution in [3.05, 3.63) is 88.0 Å². The first kappa shape index (κ1) is 35.6. The predicted molar refractivity (Wildman–Crippen MR) is 196 cm³/mol. The highest BCUT2D eigenvalue weighted by atomic mass is 31.1. The molecule has 0 aliphatic carbocycles. The van der Waals surface area contributed by atoms with Crippen molar-refractivity contribution in [2.75, 3.05) is 0 Å². The monoisotopic (exact) mass is 598 g/mol. The Bertz CT molecular complexity index is 1130.